The molecule has 2 aromatic carbocycles. The summed E-state index contributed by atoms with van der Waals surface area (Å²) < 4.78 is 0. The summed E-state index contributed by atoms with van der Waals surface area (Å²) in [5, 5.41) is 11.8. The van der Waals surface area contributed by atoms with Crippen LogP contribution in [0.15, 0.2) is 48.7 Å². The van der Waals surface area contributed by atoms with E-state index in [1.807, 2.05) is 12.3 Å². The van der Waals surface area contributed by atoms with Crippen LogP contribution in [0.4, 0.5) is 5.69 Å². The Kier molecular flexibility index (Phi) is 4.70. The highest BCUT2D eigenvalue weighted by Crippen LogP contribution is 2.25. The SMILES string of the molecule is Cc1cccc(N2CCN(C[C@H](O)c3ccc4cc[nH]c4c3)CC2)c1C. The summed E-state index contributed by atoms with van der Waals surface area (Å²) in [5.41, 5.74) is 6.14. The fourth-order valence-corrected chi connectivity index (χ4v) is 3.87. The van der Waals surface area contributed by atoms with Crippen LogP contribution in [0.3, 0.4) is 0 Å². The summed E-state index contributed by atoms with van der Waals surface area (Å²) in [7, 11) is 0. The van der Waals surface area contributed by atoms with Crippen LogP contribution in [0.2, 0.25) is 0 Å². The Balaban J connectivity index is 1.38. The third kappa shape index (κ3) is 3.35. The van der Waals surface area contributed by atoms with Crippen molar-refractivity contribution in [2.75, 3.05) is 37.6 Å². The molecule has 1 aliphatic heterocycles. The first-order valence-electron chi connectivity index (χ1n) is 9.40. The van der Waals surface area contributed by atoms with Crippen LogP contribution in [0, 0.1) is 13.8 Å². The first-order chi connectivity index (χ1) is 12.6. The van der Waals surface area contributed by atoms with Gasteiger partial charge in [0.2, 0.25) is 0 Å². The maximum absolute atomic E-state index is 10.7. The molecule has 2 N–H and O–H groups in total. The quantitative estimate of drug-likeness (QED) is 0.756. The maximum Gasteiger partial charge on any atom is 0.0917 e. The molecule has 0 spiro atoms. The molecule has 1 fully saturated rings. The minimum atomic E-state index is -0.449. The molecule has 2 heterocycles. The molecule has 1 aliphatic rings. The Morgan fingerprint density at radius 2 is 1.85 bits per heavy atom. The number of nitrogens with one attached hydrogen (secondary N) is 1. The third-order valence-electron chi connectivity index (χ3n) is 5.68. The lowest BCUT2D eigenvalue weighted by Crippen LogP contribution is -2.47. The summed E-state index contributed by atoms with van der Waals surface area (Å²) in [6, 6.07) is 14.8. The zero-order valence-electron chi connectivity index (χ0n) is 15.6. The maximum atomic E-state index is 10.7. The predicted octanol–water partition coefficient (Wildman–Crippen LogP) is 3.64. The fourth-order valence-electron chi connectivity index (χ4n) is 3.87. The average Bonchev–Trinajstić information content (AvgIpc) is 3.12. The highest BCUT2D eigenvalue weighted by molar-refractivity contribution is 5.79. The normalized spacial score (nSPS) is 17.0. The van der Waals surface area contributed by atoms with Gasteiger partial charge < -0.3 is 15.0 Å². The molecule has 0 saturated carbocycles. The number of piperazine rings is 1. The number of fused-ring (bicyclic) bond motifs is 1. The van der Waals surface area contributed by atoms with Gasteiger partial charge in [0.05, 0.1) is 6.10 Å². The van der Waals surface area contributed by atoms with Crippen LogP contribution in [0.1, 0.15) is 22.8 Å². The first kappa shape index (κ1) is 17.1. The van der Waals surface area contributed by atoms with Crippen molar-refractivity contribution in [1.29, 1.82) is 0 Å². The lowest BCUT2D eigenvalue weighted by atomic mass is 10.1. The molecule has 4 nitrogen and oxygen atoms in total. The molecule has 0 bridgehead atoms. The minimum Gasteiger partial charge on any atom is -0.387 e. The largest absolute Gasteiger partial charge is 0.387 e. The van der Waals surface area contributed by atoms with Gasteiger partial charge in [-0.25, -0.2) is 0 Å². The van der Waals surface area contributed by atoms with Crippen molar-refractivity contribution in [2.24, 2.45) is 0 Å². The Labute approximate surface area is 155 Å². The number of aliphatic hydroxyl groups is 1. The molecule has 4 rings (SSSR count). The molecule has 1 atom stereocenters. The van der Waals surface area contributed by atoms with Gasteiger partial charge in [-0.05, 0) is 54.1 Å². The number of benzene rings is 2. The Morgan fingerprint density at radius 3 is 2.65 bits per heavy atom. The standard InChI is InChI=1S/C22H27N3O/c1-16-4-3-5-21(17(16)2)25-12-10-24(11-13-25)15-22(26)19-7-6-18-8-9-23-20(18)14-19/h3-9,14,22-23,26H,10-13,15H2,1-2H3/t22-/m0/s1. The van der Waals surface area contributed by atoms with Gasteiger partial charge in [-0.15, -0.1) is 0 Å². The van der Waals surface area contributed by atoms with Gasteiger partial charge in [0.1, 0.15) is 0 Å². The van der Waals surface area contributed by atoms with E-state index in [0.717, 1.165) is 37.3 Å². The predicted molar refractivity (Wildman–Crippen MR) is 108 cm³/mol. The van der Waals surface area contributed by atoms with Crippen LogP contribution in [0.25, 0.3) is 10.9 Å². The van der Waals surface area contributed by atoms with E-state index in [1.165, 1.54) is 22.2 Å². The van der Waals surface area contributed by atoms with Crippen molar-refractivity contribution in [3.8, 4) is 0 Å². The zero-order valence-corrected chi connectivity index (χ0v) is 15.6. The monoisotopic (exact) mass is 349 g/mol. The molecule has 0 aliphatic carbocycles. The Hall–Kier alpha value is -2.30. The smallest absolute Gasteiger partial charge is 0.0917 e. The number of hydrogen-bond donors (Lipinski definition) is 2. The molecular formula is C22H27N3O. The average molecular weight is 349 g/mol. The van der Waals surface area contributed by atoms with E-state index in [2.05, 4.69) is 65.0 Å². The number of aromatic nitrogens is 1. The van der Waals surface area contributed by atoms with Crippen LogP contribution < -0.4 is 4.90 Å². The van der Waals surface area contributed by atoms with Gasteiger partial charge in [0, 0.05) is 50.1 Å². The van der Waals surface area contributed by atoms with E-state index < -0.39 is 6.10 Å². The highest BCUT2D eigenvalue weighted by atomic mass is 16.3. The number of aliphatic hydroxyl groups excluding tert-OH is 1. The number of nitrogens with zero attached hydrogens (tertiary/aromatic N) is 2. The van der Waals surface area contributed by atoms with E-state index in [9.17, 15) is 5.11 Å². The van der Waals surface area contributed by atoms with E-state index in [4.69, 9.17) is 0 Å². The van der Waals surface area contributed by atoms with Gasteiger partial charge in [0.25, 0.3) is 0 Å². The summed E-state index contributed by atoms with van der Waals surface area (Å²) in [5.74, 6) is 0. The second kappa shape index (κ2) is 7.14. The summed E-state index contributed by atoms with van der Waals surface area (Å²) in [6.45, 7) is 9.04. The summed E-state index contributed by atoms with van der Waals surface area (Å²) in [6.07, 6.45) is 1.49. The van der Waals surface area contributed by atoms with Crippen molar-refractivity contribution < 1.29 is 5.11 Å². The number of anilines is 1. The van der Waals surface area contributed by atoms with Crippen molar-refractivity contribution in [3.05, 3.63) is 65.4 Å². The van der Waals surface area contributed by atoms with Crippen molar-refractivity contribution in [2.45, 2.75) is 20.0 Å². The fraction of sp³-hybridized carbons (Fsp3) is 0.364. The molecule has 0 radical (unpaired) electrons. The number of H-pyrrole nitrogens is 1. The molecule has 0 amide bonds. The van der Waals surface area contributed by atoms with Crippen LogP contribution in [0.5, 0.6) is 0 Å². The Morgan fingerprint density at radius 1 is 1.04 bits per heavy atom. The van der Waals surface area contributed by atoms with Crippen molar-refractivity contribution >= 4 is 16.6 Å². The van der Waals surface area contributed by atoms with E-state index in [1.54, 1.807) is 0 Å². The van der Waals surface area contributed by atoms with Crippen molar-refractivity contribution in [3.63, 3.8) is 0 Å². The first-order valence-corrected chi connectivity index (χ1v) is 9.40. The number of aromatic amines is 1. The molecule has 1 saturated heterocycles. The summed E-state index contributed by atoms with van der Waals surface area (Å²) >= 11 is 0. The number of rotatable bonds is 4. The topological polar surface area (TPSA) is 42.5 Å². The van der Waals surface area contributed by atoms with Crippen LogP contribution >= 0.6 is 0 Å². The lowest BCUT2D eigenvalue weighted by molar-refractivity contribution is 0.109. The summed E-state index contributed by atoms with van der Waals surface area (Å²) in [4.78, 5) is 8.06. The van der Waals surface area contributed by atoms with Gasteiger partial charge in [-0.3, -0.25) is 4.90 Å². The third-order valence-corrected chi connectivity index (χ3v) is 5.68. The molecular weight excluding hydrogens is 322 g/mol. The highest BCUT2D eigenvalue weighted by Gasteiger charge is 2.21. The molecule has 136 valence electrons. The van der Waals surface area contributed by atoms with Crippen molar-refractivity contribution in [1.82, 2.24) is 9.88 Å². The van der Waals surface area contributed by atoms with Gasteiger partial charge >= 0.3 is 0 Å². The molecule has 4 heteroatoms. The van der Waals surface area contributed by atoms with E-state index in [-0.39, 0.29) is 0 Å². The lowest BCUT2D eigenvalue weighted by Gasteiger charge is -2.37. The molecule has 1 aromatic heterocycles. The molecule has 0 unspecified atom stereocenters. The number of β-amino-alcohol motifs (C(OH)–C–C–N with tert-alkyl or cyclic N) is 1. The Bertz CT molecular complexity index is 893. The van der Waals surface area contributed by atoms with E-state index >= 15 is 0 Å². The van der Waals surface area contributed by atoms with E-state index in [0.29, 0.717) is 6.54 Å². The second-order valence-electron chi connectivity index (χ2n) is 7.35. The minimum absolute atomic E-state index is 0.449. The van der Waals surface area contributed by atoms with Crippen LogP contribution in [-0.2, 0) is 0 Å². The van der Waals surface area contributed by atoms with Gasteiger partial charge in [0.15, 0.2) is 0 Å². The van der Waals surface area contributed by atoms with Crippen LogP contribution in [-0.4, -0.2) is 47.7 Å². The molecule has 3 aromatic rings. The number of hydrogen-bond acceptors (Lipinski definition) is 3. The number of aryl methyl sites for hydroxylation is 1. The van der Waals surface area contributed by atoms with Gasteiger partial charge in [-0.1, -0.05) is 24.3 Å². The second-order valence-corrected chi connectivity index (χ2v) is 7.35. The van der Waals surface area contributed by atoms with Gasteiger partial charge in [-0.2, -0.15) is 0 Å². The molecule has 26 heavy (non-hydrogen) atoms. The zero-order chi connectivity index (χ0) is 18.1.